The Balaban J connectivity index is 1.49. The summed E-state index contributed by atoms with van der Waals surface area (Å²) in [5, 5.41) is 2.90. The molecule has 1 aromatic rings. The molecule has 2 heterocycles. The molecule has 0 radical (unpaired) electrons. The predicted molar refractivity (Wildman–Crippen MR) is 98.1 cm³/mol. The first kappa shape index (κ1) is 17.6. The number of piperidine rings is 1. The summed E-state index contributed by atoms with van der Waals surface area (Å²) in [4.78, 5) is 30.9. The SMILES string of the molecule is Cc1ccnc(NC(=O)C2CCN(C(=O)C=C3CCCCC3)CC2)c1. The lowest BCUT2D eigenvalue weighted by molar-refractivity contribution is -0.130. The maximum atomic E-state index is 12.4. The van der Waals surface area contributed by atoms with Gasteiger partial charge in [0, 0.05) is 31.3 Å². The summed E-state index contributed by atoms with van der Waals surface area (Å²) in [6.07, 6.45) is 10.8. The molecule has 1 aliphatic heterocycles. The zero-order valence-electron chi connectivity index (χ0n) is 15.0. The number of nitrogens with zero attached hydrogens (tertiary/aromatic N) is 2. The molecule has 1 aliphatic carbocycles. The molecular formula is C20H27N3O2. The van der Waals surface area contributed by atoms with Crippen LogP contribution in [0.5, 0.6) is 0 Å². The molecule has 0 atom stereocenters. The van der Waals surface area contributed by atoms with Crippen LogP contribution in [0.3, 0.4) is 0 Å². The van der Waals surface area contributed by atoms with E-state index in [4.69, 9.17) is 0 Å². The lowest BCUT2D eigenvalue weighted by Gasteiger charge is -2.31. The van der Waals surface area contributed by atoms with Crippen LogP contribution in [0.1, 0.15) is 50.5 Å². The molecule has 134 valence electrons. The molecule has 0 aromatic carbocycles. The van der Waals surface area contributed by atoms with Gasteiger partial charge in [0.1, 0.15) is 5.82 Å². The van der Waals surface area contributed by atoms with E-state index in [0.717, 1.165) is 18.4 Å². The number of amides is 2. The van der Waals surface area contributed by atoms with Crippen LogP contribution in [-0.4, -0.2) is 34.8 Å². The van der Waals surface area contributed by atoms with Gasteiger partial charge in [-0.1, -0.05) is 12.0 Å². The van der Waals surface area contributed by atoms with Gasteiger partial charge in [0.05, 0.1) is 0 Å². The Bertz CT molecular complexity index is 653. The van der Waals surface area contributed by atoms with Crippen molar-refractivity contribution in [3.63, 3.8) is 0 Å². The fraction of sp³-hybridized carbons (Fsp3) is 0.550. The monoisotopic (exact) mass is 341 g/mol. The van der Waals surface area contributed by atoms with Crippen LogP contribution >= 0.6 is 0 Å². The van der Waals surface area contributed by atoms with E-state index in [2.05, 4.69) is 10.3 Å². The fourth-order valence-corrected chi connectivity index (χ4v) is 3.61. The Kier molecular flexibility index (Phi) is 5.84. The summed E-state index contributed by atoms with van der Waals surface area (Å²) in [6.45, 7) is 3.28. The molecule has 1 saturated heterocycles. The summed E-state index contributed by atoms with van der Waals surface area (Å²) in [7, 11) is 0. The lowest BCUT2D eigenvalue weighted by Crippen LogP contribution is -2.41. The number of likely N-dealkylation sites (tertiary alicyclic amines) is 1. The molecule has 0 spiro atoms. The van der Waals surface area contributed by atoms with Gasteiger partial charge in [-0.2, -0.15) is 0 Å². The Morgan fingerprint density at radius 3 is 2.60 bits per heavy atom. The van der Waals surface area contributed by atoms with Crippen molar-refractivity contribution in [3.8, 4) is 0 Å². The summed E-state index contributed by atoms with van der Waals surface area (Å²) in [5.74, 6) is 0.686. The number of aromatic nitrogens is 1. The minimum atomic E-state index is -0.0475. The molecule has 2 fully saturated rings. The zero-order chi connectivity index (χ0) is 17.6. The Morgan fingerprint density at radius 1 is 1.20 bits per heavy atom. The molecule has 5 heteroatoms. The first-order valence-corrected chi connectivity index (χ1v) is 9.34. The summed E-state index contributed by atoms with van der Waals surface area (Å²) >= 11 is 0. The number of carbonyl (C=O) groups excluding carboxylic acids is 2. The second kappa shape index (κ2) is 8.28. The van der Waals surface area contributed by atoms with Crippen molar-refractivity contribution in [2.24, 2.45) is 5.92 Å². The summed E-state index contributed by atoms with van der Waals surface area (Å²) in [6, 6.07) is 3.77. The molecule has 1 N–H and O–H groups in total. The van der Waals surface area contributed by atoms with Crippen LogP contribution < -0.4 is 5.32 Å². The molecule has 0 bridgehead atoms. The van der Waals surface area contributed by atoms with Gasteiger partial charge in [-0.05, 0) is 63.1 Å². The number of pyridine rings is 1. The van der Waals surface area contributed by atoms with E-state index in [1.807, 2.05) is 30.0 Å². The zero-order valence-corrected chi connectivity index (χ0v) is 15.0. The fourth-order valence-electron chi connectivity index (χ4n) is 3.61. The molecule has 2 amide bonds. The van der Waals surface area contributed by atoms with E-state index in [1.165, 1.54) is 24.8 Å². The van der Waals surface area contributed by atoms with Gasteiger partial charge in [-0.15, -0.1) is 0 Å². The third-order valence-corrected chi connectivity index (χ3v) is 5.17. The Labute approximate surface area is 149 Å². The number of hydrogen-bond acceptors (Lipinski definition) is 3. The van der Waals surface area contributed by atoms with E-state index in [1.54, 1.807) is 6.20 Å². The van der Waals surface area contributed by atoms with E-state index >= 15 is 0 Å². The third-order valence-electron chi connectivity index (χ3n) is 5.17. The number of rotatable bonds is 3. The van der Waals surface area contributed by atoms with E-state index in [9.17, 15) is 9.59 Å². The predicted octanol–water partition coefficient (Wildman–Crippen LogP) is 3.46. The summed E-state index contributed by atoms with van der Waals surface area (Å²) in [5.41, 5.74) is 2.36. The van der Waals surface area contributed by atoms with E-state index < -0.39 is 0 Å². The van der Waals surface area contributed by atoms with Crippen molar-refractivity contribution in [3.05, 3.63) is 35.5 Å². The molecule has 1 aromatic heterocycles. The van der Waals surface area contributed by atoms with Gasteiger partial charge in [0.2, 0.25) is 11.8 Å². The normalized spacial score (nSPS) is 18.8. The topological polar surface area (TPSA) is 62.3 Å². The molecule has 3 rings (SSSR count). The molecule has 5 nitrogen and oxygen atoms in total. The highest BCUT2D eigenvalue weighted by atomic mass is 16.2. The Hall–Kier alpha value is -2.17. The van der Waals surface area contributed by atoms with Crippen LogP contribution in [0.4, 0.5) is 5.82 Å². The standard InChI is InChI=1S/C20H27N3O2/c1-15-7-10-21-18(13-15)22-20(25)17-8-11-23(12-9-17)19(24)14-16-5-3-2-4-6-16/h7,10,13-14,17H,2-6,8-9,11-12H2,1H3,(H,21,22,25). The number of aryl methyl sites for hydroxylation is 1. The van der Waals surface area contributed by atoms with Crippen LogP contribution in [0, 0.1) is 12.8 Å². The minimum absolute atomic E-state index is 0.0100. The van der Waals surface area contributed by atoms with Gasteiger partial charge in [-0.3, -0.25) is 9.59 Å². The first-order chi connectivity index (χ1) is 12.1. The van der Waals surface area contributed by atoms with Crippen molar-refractivity contribution in [2.45, 2.75) is 51.9 Å². The van der Waals surface area contributed by atoms with Crippen molar-refractivity contribution >= 4 is 17.6 Å². The van der Waals surface area contributed by atoms with Crippen LogP contribution in [0.15, 0.2) is 30.0 Å². The van der Waals surface area contributed by atoms with Gasteiger partial charge < -0.3 is 10.2 Å². The number of anilines is 1. The van der Waals surface area contributed by atoms with Crippen LogP contribution in [0.25, 0.3) is 0 Å². The first-order valence-electron chi connectivity index (χ1n) is 9.34. The highest BCUT2D eigenvalue weighted by Crippen LogP contribution is 2.24. The largest absolute Gasteiger partial charge is 0.339 e. The lowest BCUT2D eigenvalue weighted by atomic mass is 9.93. The molecule has 0 unspecified atom stereocenters. The average Bonchev–Trinajstić information content (AvgIpc) is 2.62. The average molecular weight is 341 g/mol. The van der Waals surface area contributed by atoms with Gasteiger partial charge in [0.15, 0.2) is 0 Å². The second-order valence-corrected chi connectivity index (χ2v) is 7.17. The van der Waals surface area contributed by atoms with E-state index in [-0.39, 0.29) is 17.7 Å². The van der Waals surface area contributed by atoms with Crippen molar-refractivity contribution in [1.29, 1.82) is 0 Å². The summed E-state index contributed by atoms with van der Waals surface area (Å²) < 4.78 is 0. The molecule has 1 saturated carbocycles. The van der Waals surface area contributed by atoms with Gasteiger partial charge in [0.25, 0.3) is 0 Å². The number of allylic oxidation sites excluding steroid dienone is 1. The smallest absolute Gasteiger partial charge is 0.246 e. The number of nitrogens with one attached hydrogen (secondary N) is 1. The number of hydrogen-bond donors (Lipinski definition) is 1. The number of carbonyl (C=O) groups is 2. The highest BCUT2D eigenvalue weighted by Gasteiger charge is 2.27. The van der Waals surface area contributed by atoms with Gasteiger partial charge in [-0.25, -0.2) is 4.98 Å². The molecule has 2 aliphatic rings. The third kappa shape index (κ3) is 4.91. The molecule has 25 heavy (non-hydrogen) atoms. The highest BCUT2D eigenvalue weighted by molar-refractivity contribution is 5.92. The van der Waals surface area contributed by atoms with Gasteiger partial charge >= 0.3 is 0 Å². The quantitative estimate of drug-likeness (QED) is 0.857. The Morgan fingerprint density at radius 2 is 1.92 bits per heavy atom. The van der Waals surface area contributed by atoms with Crippen molar-refractivity contribution in [2.75, 3.05) is 18.4 Å². The minimum Gasteiger partial charge on any atom is -0.339 e. The van der Waals surface area contributed by atoms with Crippen LogP contribution in [0.2, 0.25) is 0 Å². The van der Waals surface area contributed by atoms with Crippen molar-refractivity contribution in [1.82, 2.24) is 9.88 Å². The molecular weight excluding hydrogens is 314 g/mol. The maximum absolute atomic E-state index is 12.4. The maximum Gasteiger partial charge on any atom is 0.246 e. The van der Waals surface area contributed by atoms with E-state index in [0.29, 0.717) is 31.7 Å². The second-order valence-electron chi connectivity index (χ2n) is 7.17. The van der Waals surface area contributed by atoms with Crippen LogP contribution in [-0.2, 0) is 9.59 Å². The van der Waals surface area contributed by atoms with Crippen molar-refractivity contribution < 1.29 is 9.59 Å².